The summed E-state index contributed by atoms with van der Waals surface area (Å²) in [5.41, 5.74) is 4.88. The van der Waals surface area contributed by atoms with Gasteiger partial charge in [-0.1, -0.05) is 0 Å². The highest BCUT2D eigenvalue weighted by Gasteiger charge is 2.19. The predicted octanol–water partition coefficient (Wildman–Crippen LogP) is 4.12. The highest BCUT2D eigenvalue weighted by molar-refractivity contribution is 6.01. The third-order valence-corrected chi connectivity index (χ3v) is 5.57. The second kappa shape index (κ2) is 8.90. The lowest BCUT2D eigenvalue weighted by atomic mass is 10.1. The number of carbonyl (C=O) groups excluding carboxylic acids is 2. The first-order valence-electron chi connectivity index (χ1n) is 10.7. The van der Waals surface area contributed by atoms with Crippen LogP contribution < -0.4 is 4.74 Å². The summed E-state index contributed by atoms with van der Waals surface area (Å²) in [6.45, 7) is 7.85. The Kier molecular flexibility index (Phi) is 6.00. The van der Waals surface area contributed by atoms with E-state index in [1.807, 2.05) is 62.6 Å². The smallest absolute Gasteiger partial charge is 0.340 e. The van der Waals surface area contributed by atoms with Gasteiger partial charge in [0.2, 0.25) is 5.78 Å². The minimum Gasteiger partial charge on any atom is -0.494 e. The van der Waals surface area contributed by atoms with Gasteiger partial charge in [0.15, 0.2) is 12.3 Å². The molecule has 0 bridgehead atoms. The van der Waals surface area contributed by atoms with Crippen LogP contribution in [0.25, 0.3) is 16.7 Å². The molecule has 0 fully saturated rings. The van der Waals surface area contributed by atoms with E-state index in [1.165, 1.54) is 6.20 Å². The number of aryl methyl sites for hydroxylation is 3. The maximum Gasteiger partial charge on any atom is 0.340 e. The summed E-state index contributed by atoms with van der Waals surface area (Å²) in [6.07, 6.45) is 1.44. The molecule has 8 heteroatoms. The van der Waals surface area contributed by atoms with Gasteiger partial charge in [0.1, 0.15) is 5.75 Å². The zero-order valence-electron chi connectivity index (χ0n) is 19.4. The van der Waals surface area contributed by atoms with E-state index in [4.69, 9.17) is 9.47 Å². The van der Waals surface area contributed by atoms with Gasteiger partial charge in [-0.05, 0) is 64.1 Å². The summed E-state index contributed by atoms with van der Waals surface area (Å²) >= 11 is 0. The third kappa shape index (κ3) is 4.24. The lowest BCUT2D eigenvalue weighted by Crippen LogP contribution is -2.15. The van der Waals surface area contributed by atoms with Crippen molar-refractivity contribution in [2.75, 3.05) is 13.2 Å². The summed E-state index contributed by atoms with van der Waals surface area (Å²) in [6, 6.07) is 11.2. The molecule has 8 nitrogen and oxygen atoms in total. The molecule has 0 spiro atoms. The first kappa shape index (κ1) is 22.3. The topological polar surface area (TPSA) is 88.2 Å². The maximum absolute atomic E-state index is 12.9. The highest BCUT2D eigenvalue weighted by atomic mass is 16.5. The van der Waals surface area contributed by atoms with E-state index in [2.05, 4.69) is 10.1 Å². The normalized spacial score (nSPS) is 11.1. The summed E-state index contributed by atoms with van der Waals surface area (Å²) in [7, 11) is 1.79. The molecule has 4 aromatic rings. The Morgan fingerprint density at radius 2 is 1.79 bits per heavy atom. The van der Waals surface area contributed by atoms with Crippen LogP contribution in [0, 0.1) is 20.8 Å². The quantitative estimate of drug-likeness (QED) is 0.313. The number of ether oxygens (including phenoxy) is 2. The second-order valence-electron chi connectivity index (χ2n) is 7.85. The number of esters is 1. The molecular weight excluding hydrogens is 420 g/mol. The van der Waals surface area contributed by atoms with Gasteiger partial charge >= 0.3 is 5.97 Å². The van der Waals surface area contributed by atoms with E-state index in [1.54, 1.807) is 17.8 Å². The largest absolute Gasteiger partial charge is 0.494 e. The molecule has 0 saturated heterocycles. The van der Waals surface area contributed by atoms with Crippen LogP contribution in [0.15, 0.2) is 42.6 Å². The molecule has 3 heterocycles. The molecule has 3 aromatic heterocycles. The standard InChI is InChI=1S/C25H26N4O4/c1-6-32-20-9-7-19(8-10-20)29-15(2)11-22(17(29)4)23(30)14-33-25(31)18-12-21-16(3)27-28(5)24(21)26-13-18/h7-13H,6,14H2,1-5H3. The second-order valence-corrected chi connectivity index (χ2v) is 7.85. The number of aromatic nitrogens is 4. The molecule has 0 aliphatic carbocycles. The van der Waals surface area contributed by atoms with Gasteiger partial charge in [-0.25, -0.2) is 9.78 Å². The Morgan fingerprint density at radius 3 is 2.48 bits per heavy atom. The van der Waals surface area contributed by atoms with E-state index >= 15 is 0 Å². The molecule has 0 aliphatic heterocycles. The Morgan fingerprint density at radius 1 is 1.06 bits per heavy atom. The Hall–Kier alpha value is -3.94. The fourth-order valence-corrected chi connectivity index (χ4v) is 4.01. The van der Waals surface area contributed by atoms with Crippen molar-refractivity contribution in [2.45, 2.75) is 27.7 Å². The van der Waals surface area contributed by atoms with Crippen LogP contribution in [0.1, 0.15) is 44.7 Å². The molecule has 0 saturated carbocycles. The number of benzene rings is 1. The number of nitrogens with zero attached hydrogens (tertiary/aromatic N) is 4. The van der Waals surface area contributed by atoms with Crippen LogP contribution in [-0.2, 0) is 11.8 Å². The fraction of sp³-hybridized carbons (Fsp3) is 0.280. The van der Waals surface area contributed by atoms with Crippen molar-refractivity contribution in [2.24, 2.45) is 7.05 Å². The van der Waals surface area contributed by atoms with E-state index in [0.29, 0.717) is 17.8 Å². The number of pyridine rings is 1. The summed E-state index contributed by atoms with van der Waals surface area (Å²) in [5, 5.41) is 5.08. The Balaban J connectivity index is 1.49. The molecule has 0 N–H and O–H groups in total. The zero-order valence-corrected chi connectivity index (χ0v) is 19.4. The minimum absolute atomic E-state index is 0.264. The van der Waals surface area contributed by atoms with Crippen LogP contribution in [-0.4, -0.2) is 44.3 Å². The van der Waals surface area contributed by atoms with Crippen LogP contribution in [0.4, 0.5) is 0 Å². The van der Waals surface area contributed by atoms with E-state index in [9.17, 15) is 9.59 Å². The van der Waals surface area contributed by atoms with Crippen molar-refractivity contribution in [3.63, 3.8) is 0 Å². The molecule has 1 aromatic carbocycles. The zero-order chi connectivity index (χ0) is 23.7. The van der Waals surface area contributed by atoms with Crippen molar-refractivity contribution < 1.29 is 19.1 Å². The van der Waals surface area contributed by atoms with Gasteiger partial charge in [0.25, 0.3) is 0 Å². The van der Waals surface area contributed by atoms with Crippen LogP contribution >= 0.6 is 0 Å². The predicted molar refractivity (Wildman–Crippen MR) is 124 cm³/mol. The molecular formula is C25H26N4O4. The minimum atomic E-state index is -0.596. The van der Waals surface area contributed by atoms with Gasteiger partial charge in [-0.15, -0.1) is 0 Å². The lowest BCUT2D eigenvalue weighted by molar-refractivity contribution is 0.0474. The van der Waals surface area contributed by atoms with Gasteiger partial charge < -0.3 is 14.0 Å². The van der Waals surface area contributed by atoms with Crippen LogP contribution in [0.2, 0.25) is 0 Å². The molecule has 0 aliphatic rings. The Bertz CT molecular complexity index is 1350. The number of ketones is 1. The molecule has 0 amide bonds. The van der Waals surface area contributed by atoms with Crippen molar-refractivity contribution in [1.29, 1.82) is 0 Å². The monoisotopic (exact) mass is 446 g/mol. The number of Topliss-reactive ketones (excluding diaryl/α,β-unsaturated/α-hetero) is 1. The van der Waals surface area contributed by atoms with Crippen molar-refractivity contribution >= 4 is 22.8 Å². The lowest BCUT2D eigenvalue weighted by Gasteiger charge is -2.11. The number of hydrogen-bond acceptors (Lipinski definition) is 6. The Labute approximate surface area is 191 Å². The summed E-state index contributed by atoms with van der Waals surface area (Å²) in [5.74, 6) is -0.0670. The fourth-order valence-electron chi connectivity index (χ4n) is 4.01. The van der Waals surface area contributed by atoms with Crippen molar-refractivity contribution in [1.82, 2.24) is 19.3 Å². The molecule has 0 unspecified atom stereocenters. The van der Waals surface area contributed by atoms with Crippen LogP contribution in [0.5, 0.6) is 5.75 Å². The summed E-state index contributed by atoms with van der Waals surface area (Å²) in [4.78, 5) is 29.7. The summed E-state index contributed by atoms with van der Waals surface area (Å²) < 4.78 is 14.5. The van der Waals surface area contributed by atoms with Gasteiger partial charge in [-0.3, -0.25) is 9.48 Å². The van der Waals surface area contributed by atoms with Gasteiger partial charge in [-0.2, -0.15) is 5.10 Å². The average molecular weight is 447 g/mol. The van der Waals surface area contributed by atoms with E-state index in [0.717, 1.165) is 33.9 Å². The third-order valence-electron chi connectivity index (χ3n) is 5.57. The van der Waals surface area contributed by atoms with Crippen LogP contribution in [0.3, 0.4) is 0 Å². The first-order chi connectivity index (χ1) is 15.8. The van der Waals surface area contributed by atoms with Gasteiger partial charge in [0, 0.05) is 41.3 Å². The molecule has 0 radical (unpaired) electrons. The number of fused-ring (bicyclic) bond motifs is 1. The van der Waals surface area contributed by atoms with Crippen molar-refractivity contribution in [3.8, 4) is 11.4 Å². The highest BCUT2D eigenvalue weighted by Crippen LogP contribution is 2.23. The SMILES string of the molecule is CCOc1ccc(-n2c(C)cc(C(=O)COC(=O)c3cnc4c(c3)c(C)nn4C)c2C)cc1. The molecule has 0 atom stereocenters. The molecule has 33 heavy (non-hydrogen) atoms. The molecule has 4 rings (SSSR count). The number of hydrogen-bond donors (Lipinski definition) is 0. The average Bonchev–Trinajstić information content (AvgIpc) is 3.26. The van der Waals surface area contributed by atoms with Crippen molar-refractivity contribution in [3.05, 3.63) is 70.8 Å². The van der Waals surface area contributed by atoms with E-state index in [-0.39, 0.29) is 18.0 Å². The molecule has 170 valence electrons. The number of rotatable bonds is 7. The van der Waals surface area contributed by atoms with E-state index < -0.39 is 5.97 Å². The first-order valence-corrected chi connectivity index (χ1v) is 10.7. The van der Waals surface area contributed by atoms with Gasteiger partial charge in [0.05, 0.1) is 17.9 Å². The maximum atomic E-state index is 12.9. The number of carbonyl (C=O) groups is 2.